The first-order valence-electron chi connectivity index (χ1n) is 6.72. The van der Waals surface area contributed by atoms with Gasteiger partial charge in [-0.15, -0.1) is 0 Å². The average molecular weight is 329 g/mol. The Hall–Kier alpha value is -2.18. The fourth-order valence-corrected chi connectivity index (χ4v) is 3.45. The SMILES string of the molecule is COc1ccccc1NC(=S)N=c1sc2ccccc2n1C. The van der Waals surface area contributed by atoms with Crippen LogP contribution in [0.15, 0.2) is 53.5 Å². The van der Waals surface area contributed by atoms with Gasteiger partial charge in [-0.05, 0) is 36.5 Å². The molecule has 1 heterocycles. The van der Waals surface area contributed by atoms with E-state index >= 15 is 0 Å². The van der Waals surface area contributed by atoms with E-state index in [1.54, 1.807) is 18.4 Å². The number of rotatable bonds is 2. The van der Waals surface area contributed by atoms with E-state index < -0.39 is 0 Å². The number of anilines is 1. The summed E-state index contributed by atoms with van der Waals surface area (Å²) >= 11 is 6.96. The van der Waals surface area contributed by atoms with Gasteiger partial charge in [-0.2, -0.15) is 4.99 Å². The maximum Gasteiger partial charge on any atom is 0.200 e. The van der Waals surface area contributed by atoms with E-state index in [1.165, 1.54) is 4.70 Å². The number of nitrogens with one attached hydrogen (secondary N) is 1. The Kier molecular flexibility index (Phi) is 4.22. The van der Waals surface area contributed by atoms with Crippen molar-refractivity contribution in [3.63, 3.8) is 0 Å². The van der Waals surface area contributed by atoms with Crippen molar-refractivity contribution >= 4 is 44.6 Å². The Morgan fingerprint density at radius 3 is 2.68 bits per heavy atom. The lowest BCUT2D eigenvalue weighted by atomic mass is 10.3. The summed E-state index contributed by atoms with van der Waals surface area (Å²) in [5.74, 6) is 0.737. The molecule has 0 amide bonds. The van der Waals surface area contributed by atoms with Gasteiger partial charge < -0.3 is 14.6 Å². The number of hydrogen-bond acceptors (Lipinski definition) is 3. The topological polar surface area (TPSA) is 38.5 Å². The zero-order valence-corrected chi connectivity index (χ0v) is 13.9. The van der Waals surface area contributed by atoms with Crippen molar-refractivity contribution in [3.8, 4) is 5.75 Å². The molecule has 3 aromatic rings. The molecule has 0 bridgehead atoms. The monoisotopic (exact) mass is 329 g/mol. The van der Waals surface area contributed by atoms with E-state index in [0.717, 1.165) is 21.8 Å². The molecule has 0 aliphatic rings. The first-order chi connectivity index (χ1) is 10.7. The molecule has 112 valence electrons. The van der Waals surface area contributed by atoms with E-state index in [0.29, 0.717) is 5.11 Å². The summed E-state index contributed by atoms with van der Waals surface area (Å²) in [4.78, 5) is 5.37. The Balaban J connectivity index is 1.93. The quantitative estimate of drug-likeness (QED) is 0.731. The van der Waals surface area contributed by atoms with E-state index in [2.05, 4.69) is 22.4 Å². The fourth-order valence-electron chi connectivity index (χ4n) is 2.17. The number of thiocarbonyl (C=S) groups is 1. The molecule has 1 N–H and O–H groups in total. The predicted octanol–water partition coefficient (Wildman–Crippen LogP) is 3.55. The Morgan fingerprint density at radius 2 is 1.91 bits per heavy atom. The summed E-state index contributed by atoms with van der Waals surface area (Å²) in [5.41, 5.74) is 1.95. The summed E-state index contributed by atoms with van der Waals surface area (Å²) in [6.45, 7) is 0. The van der Waals surface area contributed by atoms with Gasteiger partial charge in [-0.3, -0.25) is 0 Å². The highest BCUT2D eigenvalue weighted by Crippen LogP contribution is 2.23. The van der Waals surface area contributed by atoms with Gasteiger partial charge in [0.15, 0.2) is 9.91 Å². The standard InChI is InChI=1S/C16H15N3OS2/c1-19-12-8-4-6-10-14(12)22-16(19)18-15(21)17-11-7-3-5-9-13(11)20-2/h3-10H,1-2H3,(H,17,21). The van der Waals surface area contributed by atoms with Crippen LogP contribution in [0.1, 0.15) is 0 Å². The molecule has 2 aromatic carbocycles. The molecule has 4 nitrogen and oxygen atoms in total. The number of para-hydroxylation sites is 3. The number of thiazole rings is 1. The second kappa shape index (κ2) is 6.29. The molecular formula is C16H15N3OS2. The number of hydrogen-bond donors (Lipinski definition) is 1. The molecule has 0 aliphatic carbocycles. The lowest BCUT2D eigenvalue weighted by molar-refractivity contribution is 0.417. The van der Waals surface area contributed by atoms with Gasteiger partial charge in [0.05, 0.1) is 23.0 Å². The van der Waals surface area contributed by atoms with Gasteiger partial charge in [0.25, 0.3) is 0 Å². The maximum absolute atomic E-state index is 5.35. The van der Waals surface area contributed by atoms with Crippen molar-refractivity contribution in [1.29, 1.82) is 0 Å². The van der Waals surface area contributed by atoms with Gasteiger partial charge in [0.2, 0.25) is 0 Å². The lowest BCUT2D eigenvalue weighted by Gasteiger charge is -2.08. The largest absolute Gasteiger partial charge is 0.495 e. The summed E-state index contributed by atoms with van der Waals surface area (Å²) in [6, 6.07) is 15.8. The number of nitrogens with zero attached hydrogens (tertiary/aromatic N) is 2. The molecule has 1 aromatic heterocycles. The minimum Gasteiger partial charge on any atom is -0.495 e. The van der Waals surface area contributed by atoms with Crippen LogP contribution in [0.5, 0.6) is 5.75 Å². The molecule has 0 saturated carbocycles. The Morgan fingerprint density at radius 1 is 1.18 bits per heavy atom. The molecular weight excluding hydrogens is 314 g/mol. The molecule has 6 heteroatoms. The van der Waals surface area contributed by atoms with Gasteiger partial charge in [-0.1, -0.05) is 35.6 Å². The summed E-state index contributed by atoms with van der Waals surface area (Å²) in [6.07, 6.45) is 0. The van der Waals surface area contributed by atoms with E-state index in [-0.39, 0.29) is 0 Å². The fraction of sp³-hybridized carbons (Fsp3) is 0.125. The van der Waals surface area contributed by atoms with Crippen LogP contribution in [0.3, 0.4) is 0 Å². The minimum absolute atomic E-state index is 0.409. The van der Waals surface area contributed by atoms with Gasteiger partial charge >= 0.3 is 0 Å². The number of ether oxygens (including phenoxy) is 1. The average Bonchev–Trinajstić information content (AvgIpc) is 2.84. The van der Waals surface area contributed by atoms with Crippen LogP contribution in [0, 0.1) is 0 Å². The number of benzene rings is 2. The van der Waals surface area contributed by atoms with Crippen molar-refractivity contribution in [2.45, 2.75) is 0 Å². The highest BCUT2D eigenvalue weighted by molar-refractivity contribution is 7.80. The highest BCUT2D eigenvalue weighted by Gasteiger charge is 2.05. The molecule has 0 aliphatic heterocycles. The van der Waals surface area contributed by atoms with Gasteiger partial charge in [0.1, 0.15) is 5.75 Å². The second-order valence-corrected chi connectivity index (χ2v) is 6.05. The maximum atomic E-state index is 5.35. The van der Waals surface area contributed by atoms with Crippen LogP contribution in [0.4, 0.5) is 5.69 Å². The third-order valence-corrected chi connectivity index (χ3v) is 4.57. The molecule has 3 rings (SSSR count). The molecule has 0 fully saturated rings. The Bertz CT molecular complexity index is 896. The second-order valence-electron chi connectivity index (χ2n) is 4.65. The number of aromatic nitrogens is 1. The van der Waals surface area contributed by atoms with Crippen LogP contribution in [0.2, 0.25) is 0 Å². The van der Waals surface area contributed by atoms with Crippen molar-refractivity contribution in [2.75, 3.05) is 12.4 Å². The van der Waals surface area contributed by atoms with E-state index in [9.17, 15) is 0 Å². The smallest absolute Gasteiger partial charge is 0.200 e. The predicted molar refractivity (Wildman–Crippen MR) is 95.6 cm³/mol. The summed E-state index contributed by atoms with van der Waals surface area (Å²) in [7, 11) is 3.62. The highest BCUT2D eigenvalue weighted by atomic mass is 32.1. The number of aryl methyl sites for hydroxylation is 1. The van der Waals surface area contributed by atoms with Crippen molar-refractivity contribution in [2.24, 2.45) is 12.0 Å². The van der Waals surface area contributed by atoms with Crippen LogP contribution in [-0.4, -0.2) is 16.8 Å². The first kappa shape index (κ1) is 14.7. The lowest BCUT2D eigenvalue weighted by Crippen LogP contribution is -2.16. The van der Waals surface area contributed by atoms with Gasteiger partial charge in [-0.25, -0.2) is 0 Å². The zero-order valence-electron chi connectivity index (χ0n) is 12.2. The van der Waals surface area contributed by atoms with Crippen LogP contribution < -0.4 is 14.9 Å². The van der Waals surface area contributed by atoms with E-state index in [4.69, 9.17) is 17.0 Å². The van der Waals surface area contributed by atoms with Crippen LogP contribution >= 0.6 is 23.6 Å². The Labute approximate surface area is 137 Å². The minimum atomic E-state index is 0.409. The molecule has 22 heavy (non-hydrogen) atoms. The van der Waals surface area contributed by atoms with Crippen LogP contribution in [0.25, 0.3) is 10.2 Å². The third-order valence-electron chi connectivity index (χ3n) is 3.26. The van der Waals surface area contributed by atoms with Crippen molar-refractivity contribution in [1.82, 2.24) is 4.57 Å². The first-order valence-corrected chi connectivity index (χ1v) is 7.95. The summed E-state index contributed by atoms with van der Waals surface area (Å²) < 4.78 is 8.52. The molecule has 0 radical (unpaired) electrons. The molecule has 0 unspecified atom stereocenters. The number of fused-ring (bicyclic) bond motifs is 1. The number of methoxy groups -OCH3 is 1. The third kappa shape index (κ3) is 2.88. The van der Waals surface area contributed by atoms with Gasteiger partial charge in [0, 0.05) is 7.05 Å². The zero-order chi connectivity index (χ0) is 15.5. The van der Waals surface area contributed by atoms with Crippen LogP contribution in [-0.2, 0) is 7.05 Å². The summed E-state index contributed by atoms with van der Waals surface area (Å²) in [5, 5.41) is 3.52. The van der Waals surface area contributed by atoms with E-state index in [1.807, 2.05) is 48.0 Å². The normalized spacial score (nSPS) is 11.6. The molecule has 0 saturated heterocycles. The molecule has 0 spiro atoms. The molecule has 0 atom stereocenters. The van der Waals surface area contributed by atoms with Crippen molar-refractivity contribution in [3.05, 3.63) is 53.3 Å². The van der Waals surface area contributed by atoms with Crippen molar-refractivity contribution < 1.29 is 4.74 Å².